The fourth-order valence-corrected chi connectivity index (χ4v) is 7.15. The molecule has 2 aliphatic heterocycles. The van der Waals surface area contributed by atoms with Gasteiger partial charge in [-0.05, 0) is 82.1 Å². The molecule has 2 aliphatic carbocycles. The SMILES string of the molecule is CC1=C(CCC(CCCOC2CCCCO2)OCc2ccccc2)CC[C@@]2(C)CCC3(OCCO3)[C@@H]12. The van der Waals surface area contributed by atoms with Gasteiger partial charge in [-0.2, -0.15) is 0 Å². The van der Waals surface area contributed by atoms with Gasteiger partial charge < -0.3 is 23.7 Å². The van der Waals surface area contributed by atoms with E-state index in [4.69, 9.17) is 23.7 Å². The Labute approximate surface area is 217 Å². The molecule has 1 saturated carbocycles. The van der Waals surface area contributed by atoms with Crippen molar-refractivity contribution in [1.82, 2.24) is 0 Å². The van der Waals surface area contributed by atoms with Crippen LogP contribution in [0.4, 0.5) is 0 Å². The third-order valence-electron chi connectivity index (χ3n) is 9.15. The van der Waals surface area contributed by atoms with Gasteiger partial charge in [0.05, 0.1) is 25.9 Å². The largest absolute Gasteiger partial charge is 0.374 e. The van der Waals surface area contributed by atoms with Crippen LogP contribution in [0, 0.1) is 11.3 Å². The normalized spacial score (nSPS) is 30.6. The van der Waals surface area contributed by atoms with Crippen molar-refractivity contribution in [2.24, 2.45) is 11.3 Å². The molecule has 0 radical (unpaired) electrons. The molecule has 200 valence electrons. The van der Waals surface area contributed by atoms with Gasteiger partial charge in [-0.1, -0.05) is 48.4 Å². The highest BCUT2D eigenvalue weighted by molar-refractivity contribution is 5.27. The van der Waals surface area contributed by atoms with Gasteiger partial charge in [0.1, 0.15) is 0 Å². The van der Waals surface area contributed by atoms with Gasteiger partial charge in [0, 0.05) is 25.6 Å². The number of hydrogen-bond acceptors (Lipinski definition) is 5. The van der Waals surface area contributed by atoms with Gasteiger partial charge in [0.2, 0.25) is 0 Å². The summed E-state index contributed by atoms with van der Waals surface area (Å²) in [5.74, 6) is 0.0236. The van der Waals surface area contributed by atoms with E-state index in [-0.39, 0.29) is 18.2 Å². The van der Waals surface area contributed by atoms with Crippen LogP contribution >= 0.6 is 0 Å². The maximum Gasteiger partial charge on any atom is 0.175 e. The maximum atomic E-state index is 6.49. The Morgan fingerprint density at radius 2 is 1.83 bits per heavy atom. The number of benzene rings is 1. The van der Waals surface area contributed by atoms with E-state index in [0.717, 1.165) is 71.4 Å². The summed E-state index contributed by atoms with van der Waals surface area (Å²) in [6.45, 7) is 8.53. The van der Waals surface area contributed by atoms with Crippen molar-refractivity contribution in [3.05, 3.63) is 47.0 Å². The van der Waals surface area contributed by atoms with E-state index in [9.17, 15) is 0 Å². The van der Waals surface area contributed by atoms with Gasteiger partial charge in [-0.3, -0.25) is 0 Å². The molecule has 0 N–H and O–H groups in total. The van der Waals surface area contributed by atoms with Gasteiger partial charge in [-0.25, -0.2) is 0 Å². The zero-order valence-electron chi connectivity index (χ0n) is 22.5. The number of ether oxygens (including phenoxy) is 5. The molecule has 2 saturated heterocycles. The highest BCUT2D eigenvalue weighted by Gasteiger charge is 2.59. The summed E-state index contributed by atoms with van der Waals surface area (Å²) >= 11 is 0. The van der Waals surface area contributed by atoms with Crippen LogP contribution in [0.5, 0.6) is 0 Å². The average Bonchev–Trinajstić information content (AvgIpc) is 3.50. The standard InChI is InChI=1S/C31H46O5/c1-24-26(15-16-30(2)17-18-31(29(24)30)35-21-22-36-31)13-14-27(34-23-25-9-4-3-5-10-25)11-8-20-33-28-12-6-7-19-32-28/h3-5,9-10,27-29H,6-8,11-23H2,1-2H3/t27?,28?,29-,30-/m0/s1. The van der Waals surface area contributed by atoms with Gasteiger partial charge in [-0.15, -0.1) is 0 Å². The summed E-state index contributed by atoms with van der Waals surface area (Å²) in [5.41, 5.74) is 4.68. The molecular formula is C31H46O5. The van der Waals surface area contributed by atoms with E-state index in [1.165, 1.54) is 36.8 Å². The fourth-order valence-electron chi connectivity index (χ4n) is 7.15. The topological polar surface area (TPSA) is 46.2 Å². The number of allylic oxidation sites excluding steroid dienone is 1. The predicted molar refractivity (Wildman–Crippen MR) is 140 cm³/mol. The van der Waals surface area contributed by atoms with Crippen LogP contribution in [0.1, 0.15) is 90.0 Å². The minimum atomic E-state index is -0.369. The summed E-state index contributed by atoms with van der Waals surface area (Å²) in [4.78, 5) is 0. The number of rotatable bonds is 11. The van der Waals surface area contributed by atoms with Crippen molar-refractivity contribution in [3.8, 4) is 0 Å². The Bertz CT molecular complexity index is 855. The van der Waals surface area contributed by atoms with Crippen LogP contribution in [0.2, 0.25) is 0 Å². The lowest BCUT2D eigenvalue weighted by molar-refractivity contribution is -0.184. The molecule has 4 atom stereocenters. The minimum absolute atomic E-state index is 0.00875. The molecule has 2 unspecified atom stereocenters. The zero-order valence-corrected chi connectivity index (χ0v) is 22.5. The molecule has 4 aliphatic rings. The summed E-state index contributed by atoms with van der Waals surface area (Å²) in [7, 11) is 0. The van der Waals surface area contributed by atoms with Gasteiger partial charge >= 0.3 is 0 Å². The van der Waals surface area contributed by atoms with E-state index in [1.54, 1.807) is 5.57 Å². The molecule has 1 aromatic carbocycles. The number of hydrogen-bond donors (Lipinski definition) is 0. The Balaban J connectivity index is 1.19. The Morgan fingerprint density at radius 3 is 2.61 bits per heavy atom. The van der Waals surface area contributed by atoms with E-state index in [1.807, 2.05) is 0 Å². The van der Waals surface area contributed by atoms with Crippen molar-refractivity contribution in [3.63, 3.8) is 0 Å². The molecule has 5 heteroatoms. The summed E-state index contributed by atoms with van der Waals surface area (Å²) in [5, 5.41) is 0. The molecule has 2 heterocycles. The van der Waals surface area contributed by atoms with E-state index < -0.39 is 0 Å². The third-order valence-corrected chi connectivity index (χ3v) is 9.15. The first kappa shape index (κ1) is 26.4. The summed E-state index contributed by atoms with van der Waals surface area (Å²) < 4.78 is 30.8. The fraction of sp³-hybridized carbons (Fsp3) is 0.742. The molecule has 3 fully saturated rings. The first-order chi connectivity index (χ1) is 17.6. The smallest absolute Gasteiger partial charge is 0.175 e. The highest BCUT2D eigenvalue weighted by atomic mass is 16.7. The summed E-state index contributed by atoms with van der Waals surface area (Å²) in [6, 6.07) is 10.5. The first-order valence-electron chi connectivity index (χ1n) is 14.4. The van der Waals surface area contributed by atoms with Crippen LogP contribution in [-0.4, -0.2) is 44.6 Å². The Morgan fingerprint density at radius 1 is 1.00 bits per heavy atom. The second-order valence-electron chi connectivity index (χ2n) is 11.6. The quantitative estimate of drug-likeness (QED) is 0.244. The van der Waals surface area contributed by atoms with E-state index >= 15 is 0 Å². The van der Waals surface area contributed by atoms with Crippen molar-refractivity contribution < 1.29 is 23.7 Å². The van der Waals surface area contributed by atoms with Crippen molar-refractivity contribution in [2.45, 2.75) is 109 Å². The Hall–Kier alpha value is -1.24. The molecule has 0 amide bonds. The average molecular weight is 499 g/mol. The van der Waals surface area contributed by atoms with E-state index in [0.29, 0.717) is 17.9 Å². The lowest BCUT2D eigenvalue weighted by Crippen LogP contribution is -2.43. The third kappa shape index (κ3) is 6.07. The van der Waals surface area contributed by atoms with Crippen molar-refractivity contribution in [1.29, 1.82) is 0 Å². The van der Waals surface area contributed by atoms with Crippen LogP contribution in [0.15, 0.2) is 41.5 Å². The van der Waals surface area contributed by atoms with Crippen LogP contribution in [-0.2, 0) is 30.3 Å². The summed E-state index contributed by atoms with van der Waals surface area (Å²) in [6.07, 6.45) is 12.5. The molecule has 0 bridgehead atoms. The van der Waals surface area contributed by atoms with Crippen molar-refractivity contribution in [2.75, 3.05) is 26.4 Å². The predicted octanol–water partition coefficient (Wildman–Crippen LogP) is 6.95. The molecule has 1 spiro atoms. The molecule has 36 heavy (non-hydrogen) atoms. The molecule has 5 nitrogen and oxygen atoms in total. The van der Waals surface area contributed by atoms with Gasteiger partial charge in [0.15, 0.2) is 12.1 Å². The first-order valence-corrected chi connectivity index (χ1v) is 14.4. The van der Waals surface area contributed by atoms with Gasteiger partial charge in [0.25, 0.3) is 0 Å². The van der Waals surface area contributed by atoms with Crippen LogP contribution in [0.25, 0.3) is 0 Å². The minimum Gasteiger partial charge on any atom is -0.374 e. The maximum absolute atomic E-state index is 6.49. The van der Waals surface area contributed by atoms with Crippen LogP contribution in [0.3, 0.4) is 0 Å². The lowest BCUT2D eigenvalue weighted by atomic mass is 9.65. The molecule has 1 aromatic rings. The van der Waals surface area contributed by atoms with E-state index in [2.05, 4.69) is 44.2 Å². The second kappa shape index (κ2) is 12.1. The zero-order chi connectivity index (χ0) is 24.8. The van der Waals surface area contributed by atoms with Crippen LogP contribution < -0.4 is 0 Å². The molecule has 5 rings (SSSR count). The monoisotopic (exact) mass is 498 g/mol. The molecular weight excluding hydrogens is 452 g/mol. The Kier molecular flexibility index (Phi) is 8.85. The lowest BCUT2D eigenvalue weighted by Gasteiger charge is -2.43. The second-order valence-corrected chi connectivity index (χ2v) is 11.6. The molecule has 0 aromatic heterocycles. The van der Waals surface area contributed by atoms with Crippen molar-refractivity contribution >= 4 is 0 Å². The number of fused-ring (bicyclic) bond motifs is 2. The highest BCUT2D eigenvalue weighted by Crippen LogP contribution is 2.61.